The van der Waals surface area contributed by atoms with E-state index in [9.17, 15) is 17.6 Å². The third-order valence-corrected chi connectivity index (χ3v) is 4.62. The van der Waals surface area contributed by atoms with Crippen molar-refractivity contribution in [1.29, 1.82) is 0 Å². The summed E-state index contributed by atoms with van der Waals surface area (Å²) in [5.74, 6) is -0.506. The molecule has 0 aliphatic carbocycles. The van der Waals surface area contributed by atoms with Crippen molar-refractivity contribution in [3.05, 3.63) is 60.4 Å². The van der Waals surface area contributed by atoms with Gasteiger partial charge >= 0.3 is 0 Å². The van der Waals surface area contributed by atoms with Gasteiger partial charge < -0.3 is 0 Å². The van der Waals surface area contributed by atoms with Crippen LogP contribution in [0.25, 0.3) is 0 Å². The SMILES string of the molecule is O=C(Cl)CN(c1ccc(F)cc1)S(=O)(=O)c1ccccc1. The van der Waals surface area contributed by atoms with Gasteiger partial charge in [-0.2, -0.15) is 0 Å². The van der Waals surface area contributed by atoms with Gasteiger partial charge in [-0.1, -0.05) is 18.2 Å². The second-order valence-electron chi connectivity index (χ2n) is 4.16. The molecule has 2 aromatic rings. The Morgan fingerprint density at radius 1 is 1.05 bits per heavy atom. The Kier molecular flexibility index (Phi) is 4.59. The highest BCUT2D eigenvalue weighted by atomic mass is 35.5. The molecule has 0 aliphatic rings. The predicted octanol–water partition coefficient (Wildman–Crippen LogP) is 2.79. The lowest BCUT2D eigenvalue weighted by Crippen LogP contribution is -2.34. The van der Waals surface area contributed by atoms with E-state index in [1.165, 1.54) is 24.3 Å². The van der Waals surface area contributed by atoms with Crippen molar-refractivity contribution >= 4 is 32.6 Å². The Morgan fingerprint density at radius 2 is 1.62 bits per heavy atom. The molecule has 0 spiro atoms. The van der Waals surface area contributed by atoms with Crippen molar-refractivity contribution in [2.45, 2.75) is 4.90 Å². The molecular formula is C14H11ClFNO3S. The molecule has 4 nitrogen and oxygen atoms in total. The number of hydrogen-bond acceptors (Lipinski definition) is 3. The molecule has 0 saturated carbocycles. The predicted molar refractivity (Wildman–Crippen MR) is 78.2 cm³/mol. The van der Waals surface area contributed by atoms with Gasteiger partial charge in [-0.05, 0) is 48.0 Å². The Bertz CT molecular complexity index is 733. The van der Waals surface area contributed by atoms with Gasteiger partial charge in [0.25, 0.3) is 10.0 Å². The monoisotopic (exact) mass is 327 g/mol. The highest BCUT2D eigenvalue weighted by Crippen LogP contribution is 2.24. The number of halogens is 2. The van der Waals surface area contributed by atoms with E-state index in [0.717, 1.165) is 16.4 Å². The minimum atomic E-state index is -3.96. The van der Waals surface area contributed by atoms with E-state index >= 15 is 0 Å². The minimum absolute atomic E-state index is 0.0206. The normalized spacial score (nSPS) is 11.1. The fraction of sp³-hybridized carbons (Fsp3) is 0.0714. The summed E-state index contributed by atoms with van der Waals surface area (Å²) in [6.07, 6.45) is 0. The van der Waals surface area contributed by atoms with E-state index in [1.807, 2.05) is 0 Å². The van der Waals surface area contributed by atoms with Crippen LogP contribution in [0.2, 0.25) is 0 Å². The van der Waals surface area contributed by atoms with Crippen LogP contribution in [0.1, 0.15) is 0 Å². The maximum Gasteiger partial charge on any atom is 0.264 e. The standard InChI is InChI=1S/C14H11ClFNO3S/c15-14(18)10-17(12-8-6-11(16)7-9-12)21(19,20)13-4-2-1-3-5-13/h1-9H,10H2. The van der Waals surface area contributed by atoms with E-state index in [0.29, 0.717) is 0 Å². The van der Waals surface area contributed by atoms with Gasteiger partial charge in [-0.25, -0.2) is 12.8 Å². The second kappa shape index (κ2) is 6.24. The topological polar surface area (TPSA) is 54.5 Å². The van der Waals surface area contributed by atoms with Gasteiger partial charge in [-0.3, -0.25) is 9.10 Å². The smallest absolute Gasteiger partial charge is 0.264 e. The number of sulfonamides is 1. The molecule has 0 fully saturated rings. The van der Waals surface area contributed by atoms with Crippen LogP contribution in [0, 0.1) is 5.82 Å². The van der Waals surface area contributed by atoms with E-state index in [1.54, 1.807) is 18.2 Å². The molecule has 0 saturated heterocycles. The maximum atomic E-state index is 13.0. The lowest BCUT2D eigenvalue weighted by Gasteiger charge is -2.22. The molecule has 0 aliphatic heterocycles. The number of nitrogens with zero attached hydrogens (tertiary/aromatic N) is 1. The number of rotatable bonds is 5. The number of carbonyl (C=O) groups excluding carboxylic acids is 1. The number of anilines is 1. The average molecular weight is 328 g/mol. The lowest BCUT2D eigenvalue weighted by atomic mass is 10.3. The molecule has 0 bridgehead atoms. The summed E-state index contributed by atoms with van der Waals surface area (Å²) < 4.78 is 39.0. The summed E-state index contributed by atoms with van der Waals surface area (Å²) in [6.45, 7) is -0.537. The molecule has 0 amide bonds. The third-order valence-electron chi connectivity index (χ3n) is 2.71. The molecule has 0 radical (unpaired) electrons. The Morgan fingerprint density at radius 3 is 2.14 bits per heavy atom. The zero-order valence-corrected chi connectivity index (χ0v) is 12.3. The Hall–Kier alpha value is -1.92. The van der Waals surface area contributed by atoms with E-state index in [-0.39, 0.29) is 10.6 Å². The van der Waals surface area contributed by atoms with Crippen molar-refractivity contribution in [2.75, 3.05) is 10.8 Å². The van der Waals surface area contributed by atoms with Gasteiger partial charge in [0.15, 0.2) is 0 Å². The molecule has 7 heteroatoms. The van der Waals surface area contributed by atoms with Crippen LogP contribution in [0.5, 0.6) is 0 Å². The summed E-state index contributed by atoms with van der Waals surface area (Å²) in [4.78, 5) is 11.2. The first kappa shape index (κ1) is 15.5. The van der Waals surface area contributed by atoms with Crippen molar-refractivity contribution in [1.82, 2.24) is 0 Å². The van der Waals surface area contributed by atoms with E-state index in [2.05, 4.69) is 0 Å². The zero-order chi connectivity index (χ0) is 15.5. The number of benzene rings is 2. The molecular weight excluding hydrogens is 317 g/mol. The first-order valence-corrected chi connectivity index (χ1v) is 7.75. The molecule has 0 unspecified atom stereocenters. The molecule has 0 aromatic heterocycles. The van der Waals surface area contributed by atoms with Crippen molar-refractivity contribution in [3.8, 4) is 0 Å². The van der Waals surface area contributed by atoms with Gasteiger partial charge in [-0.15, -0.1) is 0 Å². The number of hydrogen-bond donors (Lipinski definition) is 0. The molecule has 2 aromatic carbocycles. The summed E-state index contributed by atoms with van der Waals surface area (Å²) in [6, 6.07) is 12.4. The fourth-order valence-corrected chi connectivity index (χ4v) is 3.39. The van der Waals surface area contributed by atoms with Crippen molar-refractivity contribution in [2.24, 2.45) is 0 Å². The second-order valence-corrected chi connectivity index (χ2v) is 6.44. The Labute approximate surface area is 126 Å². The summed E-state index contributed by atoms with van der Waals surface area (Å²) in [5, 5.41) is -0.834. The van der Waals surface area contributed by atoms with Crippen LogP contribution < -0.4 is 4.31 Å². The molecule has 0 N–H and O–H groups in total. The molecule has 0 atom stereocenters. The van der Waals surface area contributed by atoms with Crippen molar-refractivity contribution < 1.29 is 17.6 Å². The maximum absolute atomic E-state index is 13.0. The van der Waals surface area contributed by atoms with Gasteiger partial charge in [0.2, 0.25) is 5.24 Å². The average Bonchev–Trinajstić information content (AvgIpc) is 2.46. The van der Waals surface area contributed by atoms with Crippen LogP contribution in [0.15, 0.2) is 59.5 Å². The summed E-state index contributed by atoms with van der Waals surface area (Å²) in [5.41, 5.74) is 0.161. The summed E-state index contributed by atoms with van der Waals surface area (Å²) >= 11 is 5.33. The quantitative estimate of drug-likeness (QED) is 0.793. The molecule has 2 rings (SSSR count). The third kappa shape index (κ3) is 3.59. The van der Waals surface area contributed by atoms with Crippen LogP contribution >= 0.6 is 11.6 Å². The highest BCUT2D eigenvalue weighted by Gasteiger charge is 2.26. The number of carbonyl (C=O) groups is 1. The fourth-order valence-electron chi connectivity index (χ4n) is 1.76. The Balaban J connectivity index is 2.50. The highest BCUT2D eigenvalue weighted by molar-refractivity contribution is 7.92. The first-order valence-electron chi connectivity index (χ1n) is 5.93. The molecule has 0 heterocycles. The van der Waals surface area contributed by atoms with E-state index in [4.69, 9.17) is 11.6 Å². The lowest BCUT2D eigenvalue weighted by molar-refractivity contribution is -0.110. The van der Waals surface area contributed by atoms with Crippen LogP contribution in [0.4, 0.5) is 10.1 Å². The van der Waals surface area contributed by atoms with Gasteiger partial charge in [0.05, 0.1) is 10.6 Å². The van der Waals surface area contributed by atoms with Crippen LogP contribution in [-0.2, 0) is 14.8 Å². The zero-order valence-electron chi connectivity index (χ0n) is 10.7. The van der Waals surface area contributed by atoms with Crippen molar-refractivity contribution in [3.63, 3.8) is 0 Å². The first-order chi connectivity index (χ1) is 9.91. The van der Waals surface area contributed by atoms with Gasteiger partial charge in [0, 0.05) is 0 Å². The molecule has 21 heavy (non-hydrogen) atoms. The summed E-state index contributed by atoms with van der Waals surface area (Å²) in [7, 11) is -3.96. The van der Waals surface area contributed by atoms with Gasteiger partial charge in [0.1, 0.15) is 12.4 Å². The minimum Gasteiger partial charge on any atom is -0.279 e. The van der Waals surface area contributed by atoms with Crippen LogP contribution in [-0.4, -0.2) is 20.2 Å². The largest absolute Gasteiger partial charge is 0.279 e. The van der Waals surface area contributed by atoms with E-state index < -0.39 is 27.6 Å². The van der Waals surface area contributed by atoms with Crippen LogP contribution in [0.3, 0.4) is 0 Å². The molecule has 110 valence electrons.